The topological polar surface area (TPSA) is 95.9 Å². The Morgan fingerprint density at radius 3 is 0.855 bits per heavy atom. The van der Waals surface area contributed by atoms with E-state index in [-0.39, 0.29) is 18.5 Å². The van der Waals surface area contributed by atoms with Crippen molar-refractivity contribution in [2.45, 2.75) is 443 Å². The molecule has 0 saturated heterocycles. The number of unbranched alkanes of at least 4 members (excludes halogenated alkanes) is 57. The third-order valence-corrected chi connectivity index (χ3v) is 18.0. The van der Waals surface area contributed by atoms with Gasteiger partial charge in [-0.1, -0.05) is 366 Å². The summed E-state index contributed by atoms with van der Waals surface area (Å²) in [5.74, 6) is -0.0208. The number of ether oxygens (including phenoxy) is 1. The average Bonchev–Trinajstić information content (AvgIpc) is 3.49. The first-order valence-electron chi connectivity index (χ1n) is 38.1. The molecule has 1 amide bonds. The number of aliphatic hydroxyl groups excluding tert-OH is 2. The molecule has 3 N–H and O–H groups in total. The maximum absolute atomic E-state index is 12.6. The highest BCUT2D eigenvalue weighted by molar-refractivity contribution is 5.76. The molecule has 0 aliphatic heterocycles. The van der Waals surface area contributed by atoms with E-state index in [9.17, 15) is 19.8 Å². The van der Waals surface area contributed by atoms with Crippen molar-refractivity contribution in [3.8, 4) is 0 Å². The van der Waals surface area contributed by atoms with Gasteiger partial charge in [0.25, 0.3) is 0 Å². The van der Waals surface area contributed by atoms with Crippen LogP contribution in [0.25, 0.3) is 0 Å². The monoisotopic (exact) mass is 1170 g/mol. The zero-order valence-corrected chi connectivity index (χ0v) is 56.5. The first kappa shape index (κ1) is 81.3. The fourth-order valence-corrected chi connectivity index (χ4v) is 12.2. The largest absolute Gasteiger partial charge is 0.466 e. The number of carbonyl (C=O) groups is 2. The standard InChI is InChI=1S/C77H149NO5/c1-3-5-7-9-11-13-15-17-19-20-21-22-29-32-35-38-42-45-49-53-57-61-65-69-75(80)74(73-79)78-76(81)70-66-62-58-54-50-46-43-39-36-33-30-27-25-23-24-26-28-31-34-37-40-44-48-52-56-60-64-68-72-83-77(82)71-67-63-59-55-51-47-41-18-16-14-12-10-8-6-4-2/h18,23-24,41,74-75,79-80H,3-17,19-22,25-40,42-73H2,1-2H3,(H,78,81)/b24-23-,41-18-. The first-order valence-corrected chi connectivity index (χ1v) is 38.1. The third-order valence-electron chi connectivity index (χ3n) is 18.0. The van der Waals surface area contributed by atoms with Gasteiger partial charge in [-0.25, -0.2) is 0 Å². The van der Waals surface area contributed by atoms with Gasteiger partial charge < -0.3 is 20.3 Å². The fraction of sp³-hybridized carbons (Fsp3) is 0.922. The van der Waals surface area contributed by atoms with E-state index >= 15 is 0 Å². The van der Waals surface area contributed by atoms with E-state index in [0.29, 0.717) is 25.9 Å². The Kier molecular flexibility index (Phi) is 71.4. The second kappa shape index (κ2) is 72.8. The molecule has 0 saturated carbocycles. The predicted octanol–water partition coefficient (Wildman–Crippen LogP) is 24.9. The van der Waals surface area contributed by atoms with Crippen LogP contribution in [0, 0.1) is 0 Å². The Balaban J connectivity index is 3.38. The van der Waals surface area contributed by atoms with Crippen LogP contribution in [0.4, 0.5) is 0 Å². The van der Waals surface area contributed by atoms with Crippen LogP contribution in [-0.4, -0.2) is 47.4 Å². The van der Waals surface area contributed by atoms with Crippen molar-refractivity contribution < 1.29 is 24.5 Å². The number of carbonyl (C=O) groups excluding carboxylic acids is 2. The Labute approximate surface area is 520 Å². The molecular formula is C77H149NO5. The molecule has 83 heavy (non-hydrogen) atoms. The molecule has 0 aromatic heterocycles. The summed E-state index contributed by atoms with van der Waals surface area (Å²) in [6, 6.07) is -0.543. The zero-order valence-electron chi connectivity index (χ0n) is 56.5. The Morgan fingerprint density at radius 1 is 0.325 bits per heavy atom. The minimum atomic E-state index is -0.666. The highest BCUT2D eigenvalue weighted by atomic mass is 16.5. The van der Waals surface area contributed by atoms with Gasteiger partial charge in [-0.15, -0.1) is 0 Å². The van der Waals surface area contributed by atoms with Gasteiger partial charge in [-0.3, -0.25) is 9.59 Å². The van der Waals surface area contributed by atoms with Crippen LogP contribution in [-0.2, 0) is 14.3 Å². The van der Waals surface area contributed by atoms with E-state index in [2.05, 4.69) is 43.5 Å². The van der Waals surface area contributed by atoms with E-state index in [1.54, 1.807) is 0 Å². The Bertz CT molecular complexity index is 1300. The van der Waals surface area contributed by atoms with Gasteiger partial charge in [0.15, 0.2) is 0 Å². The smallest absolute Gasteiger partial charge is 0.305 e. The molecule has 0 aliphatic carbocycles. The van der Waals surface area contributed by atoms with E-state index in [1.165, 1.54) is 353 Å². The highest BCUT2D eigenvalue weighted by Crippen LogP contribution is 2.19. The number of esters is 1. The van der Waals surface area contributed by atoms with E-state index in [4.69, 9.17) is 4.74 Å². The Hall–Kier alpha value is -1.66. The SMILES string of the molecule is CCCCCCCC/C=C\CCCCCCCC(=O)OCCCCCCCCCCCCCC/C=C\CCCCCCCCCCCCCCC(=O)NC(CO)C(O)CCCCCCCCCCCCCCCCCCCCCCCCC. The van der Waals surface area contributed by atoms with Crippen molar-refractivity contribution in [3.05, 3.63) is 24.3 Å². The van der Waals surface area contributed by atoms with Crippen molar-refractivity contribution >= 4 is 11.9 Å². The zero-order chi connectivity index (χ0) is 59.9. The number of aliphatic hydroxyl groups is 2. The van der Waals surface area contributed by atoms with Gasteiger partial charge >= 0.3 is 5.97 Å². The van der Waals surface area contributed by atoms with Crippen LogP contribution in [0.2, 0.25) is 0 Å². The lowest BCUT2D eigenvalue weighted by atomic mass is 10.0. The average molecular weight is 1170 g/mol. The van der Waals surface area contributed by atoms with E-state index < -0.39 is 12.1 Å². The van der Waals surface area contributed by atoms with Crippen LogP contribution in [0.1, 0.15) is 431 Å². The molecule has 0 spiro atoms. The number of rotatable bonds is 72. The minimum absolute atomic E-state index is 0.00890. The maximum atomic E-state index is 12.6. The molecule has 6 nitrogen and oxygen atoms in total. The molecule has 2 unspecified atom stereocenters. The first-order chi connectivity index (χ1) is 41.0. The van der Waals surface area contributed by atoms with E-state index in [0.717, 1.165) is 44.9 Å². The molecule has 0 aliphatic rings. The lowest BCUT2D eigenvalue weighted by Crippen LogP contribution is -2.45. The second-order valence-electron chi connectivity index (χ2n) is 26.3. The van der Waals surface area contributed by atoms with Gasteiger partial charge in [-0.2, -0.15) is 0 Å². The summed E-state index contributed by atoms with van der Waals surface area (Å²) in [6.07, 6.45) is 92.5. The van der Waals surface area contributed by atoms with Gasteiger partial charge in [0.1, 0.15) is 0 Å². The van der Waals surface area contributed by atoms with Crippen LogP contribution < -0.4 is 5.32 Å². The summed E-state index contributed by atoms with van der Waals surface area (Å²) in [4.78, 5) is 24.6. The highest BCUT2D eigenvalue weighted by Gasteiger charge is 2.20. The molecule has 0 heterocycles. The minimum Gasteiger partial charge on any atom is -0.466 e. The van der Waals surface area contributed by atoms with Crippen molar-refractivity contribution in [3.63, 3.8) is 0 Å². The van der Waals surface area contributed by atoms with Gasteiger partial charge in [0.05, 0.1) is 25.4 Å². The maximum Gasteiger partial charge on any atom is 0.305 e. The molecule has 0 radical (unpaired) electrons. The second-order valence-corrected chi connectivity index (χ2v) is 26.3. The number of amides is 1. The summed E-state index contributed by atoms with van der Waals surface area (Å²) in [6.45, 7) is 4.99. The number of allylic oxidation sites excluding steroid dienone is 4. The molecule has 0 bridgehead atoms. The lowest BCUT2D eigenvalue weighted by Gasteiger charge is -2.22. The van der Waals surface area contributed by atoms with Crippen molar-refractivity contribution in [2.24, 2.45) is 0 Å². The van der Waals surface area contributed by atoms with Crippen molar-refractivity contribution in [1.82, 2.24) is 5.32 Å². The summed E-state index contributed by atoms with van der Waals surface area (Å²) >= 11 is 0. The van der Waals surface area contributed by atoms with E-state index in [1.807, 2.05) is 0 Å². The summed E-state index contributed by atoms with van der Waals surface area (Å²) in [5, 5.41) is 23.5. The number of hydrogen-bond donors (Lipinski definition) is 3. The number of hydrogen-bond acceptors (Lipinski definition) is 5. The molecule has 492 valence electrons. The molecule has 2 atom stereocenters. The Morgan fingerprint density at radius 2 is 0.566 bits per heavy atom. The molecule has 0 fully saturated rings. The summed E-state index contributed by atoms with van der Waals surface area (Å²) < 4.78 is 5.49. The summed E-state index contributed by atoms with van der Waals surface area (Å²) in [5.41, 5.74) is 0. The molecule has 0 aromatic rings. The van der Waals surface area contributed by atoms with Gasteiger partial charge in [0.2, 0.25) is 5.91 Å². The van der Waals surface area contributed by atoms with Gasteiger partial charge in [0, 0.05) is 12.8 Å². The normalized spacial score (nSPS) is 12.6. The third kappa shape index (κ3) is 69.3. The van der Waals surface area contributed by atoms with Crippen LogP contribution in [0.15, 0.2) is 24.3 Å². The van der Waals surface area contributed by atoms with Crippen LogP contribution in [0.3, 0.4) is 0 Å². The summed E-state index contributed by atoms with van der Waals surface area (Å²) in [7, 11) is 0. The van der Waals surface area contributed by atoms with Crippen molar-refractivity contribution in [2.75, 3.05) is 13.2 Å². The van der Waals surface area contributed by atoms with Crippen molar-refractivity contribution in [1.29, 1.82) is 0 Å². The molecular weight excluding hydrogens is 1020 g/mol. The van der Waals surface area contributed by atoms with Crippen LogP contribution >= 0.6 is 0 Å². The predicted molar refractivity (Wildman–Crippen MR) is 366 cm³/mol. The van der Waals surface area contributed by atoms with Gasteiger partial charge in [-0.05, 0) is 77.0 Å². The van der Waals surface area contributed by atoms with Crippen LogP contribution in [0.5, 0.6) is 0 Å². The fourth-order valence-electron chi connectivity index (χ4n) is 12.2. The quantitative estimate of drug-likeness (QED) is 0.0320. The lowest BCUT2D eigenvalue weighted by molar-refractivity contribution is -0.143. The molecule has 0 rings (SSSR count). The molecule has 0 aromatic carbocycles. The number of nitrogens with one attached hydrogen (secondary N) is 1. The molecule has 6 heteroatoms.